The molecule has 318 valence electrons. The summed E-state index contributed by atoms with van der Waals surface area (Å²) >= 11 is 0. The van der Waals surface area contributed by atoms with Crippen molar-refractivity contribution in [2.75, 3.05) is 23.7 Å². The van der Waals surface area contributed by atoms with Gasteiger partial charge in [-0.3, -0.25) is 14.1 Å². The number of hydrogen-bond acceptors (Lipinski definition) is 9. The summed E-state index contributed by atoms with van der Waals surface area (Å²) in [4.78, 5) is 44.2. The van der Waals surface area contributed by atoms with Crippen LogP contribution in [-0.2, 0) is 51.6 Å². The van der Waals surface area contributed by atoms with Crippen LogP contribution in [0.4, 0.5) is 11.4 Å². The van der Waals surface area contributed by atoms with Crippen LogP contribution in [0.25, 0.3) is 0 Å². The number of rotatable bonds is 20. The van der Waals surface area contributed by atoms with Crippen molar-refractivity contribution in [2.45, 2.75) is 113 Å². The molecule has 1 aromatic heterocycles. The van der Waals surface area contributed by atoms with Gasteiger partial charge in [-0.15, -0.1) is 0 Å². The van der Waals surface area contributed by atoms with E-state index in [1.807, 2.05) is 58.9 Å². The monoisotopic (exact) mass is 852 g/mol. The molecule has 3 aromatic rings. The van der Waals surface area contributed by atoms with Gasteiger partial charge in [0.25, 0.3) is 10.1 Å². The summed E-state index contributed by atoms with van der Waals surface area (Å²) in [6.07, 6.45) is 11.4. The number of benzene rings is 2. The van der Waals surface area contributed by atoms with Gasteiger partial charge in [0.05, 0.1) is 27.3 Å². The van der Waals surface area contributed by atoms with Crippen molar-refractivity contribution in [3.8, 4) is 0 Å². The molecule has 1 amide bonds. The van der Waals surface area contributed by atoms with Gasteiger partial charge in [0.15, 0.2) is 15.5 Å². The minimum atomic E-state index is -4.47. The lowest BCUT2D eigenvalue weighted by Gasteiger charge is -2.25. The molecule has 0 saturated heterocycles. The van der Waals surface area contributed by atoms with Crippen molar-refractivity contribution < 1.29 is 50.6 Å². The first-order chi connectivity index (χ1) is 27.7. The predicted octanol–water partition coefficient (Wildman–Crippen LogP) is 5.69. The Hall–Kier alpha value is -5.13. The SMILES string of the molecule is CCN1C(=CC=CC2=[N+](CCCCCC(=O)N[C@H](Cc3cnc[nH]3)C(=O)O)c3ccc(S(=O)(=O)O)cc3C2(C)C)C(C)(C)c2cc(S(=O)(=O)CCCCC(=O)O)ccc21. The Balaban J connectivity index is 1.36. The number of aromatic nitrogens is 2. The van der Waals surface area contributed by atoms with Crippen LogP contribution in [0.2, 0.25) is 0 Å². The van der Waals surface area contributed by atoms with E-state index in [9.17, 15) is 40.9 Å². The van der Waals surface area contributed by atoms with Crippen molar-refractivity contribution in [3.05, 3.63) is 89.7 Å². The van der Waals surface area contributed by atoms with Crippen LogP contribution >= 0.6 is 0 Å². The van der Waals surface area contributed by atoms with E-state index in [0.29, 0.717) is 38.0 Å². The summed E-state index contributed by atoms with van der Waals surface area (Å²) in [6, 6.07) is 8.63. The second-order valence-electron chi connectivity index (χ2n) is 16.0. The number of anilines is 1. The third kappa shape index (κ3) is 10.2. The Bertz CT molecular complexity index is 2400. The number of nitrogens with one attached hydrogen (secondary N) is 2. The molecule has 15 nitrogen and oxygen atoms in total. The summed E-state index contributed by atoms with van der Waals surface area (Å²) in [6.45, 7) is 11.2. The standard InChI is InChI=1S/C42H53N5O10S2/c1-6-46-34-19-17-29(58(53,54)22-11-9-16-39(49)50)24-31(34)41(2,3)36(46)13-12-14-37-42(4,5)32-25-30(59(55,56)57)18-20-35(32)47(37)21-10-7-8-15-38(48)45-33(40(51)52)23-28-26-43-27-44-28/h12-14,17-20,24-27,33H,6-11,15-16,21-23H2,1-5H3,(H4-,43,44,45,48,49,50,51,52,55,56,57)/p+1/t33-/m1/s1. The molecule has 2 aliphatic rings. The first-order valence-corrected chi connectivity index (χ1v) is 22.8. The van der Waals surface area contributed by atoms with Crippen LogP contribution in [0.1, 0.15) is 96.4 Å². The fourth-order valence-electron chi connectivity index (χ4n) is 7.98. The Morgan fingerprint density at radius 3 is 2.25 bits per heavy atom. The maximum atomic E-state index is 13.3. The summed E-state index contributed by atoms with van der Waals surface area (Å²) < 4.78 is 62.9. The molecule has 0 spiro atoms. The third-order valence-corrected chi connectivity index (χ3v) is 13.8. The average Bonchev–Trinajstić information content (AvgIpc) is 3.81. The minimum absolute atomic E-state index is 0.0817. The number of allylic oxidation sites excluding steroid dienone is 4. The van der Waals surface area contributed by atoms with Crippen LogP contribution in [0, 0.1) is 0 Å². The Morgan fingerprint density at radius 1 is 0.915 bits per heavy atom. The van der Waals surface area contributed by atoms with E-state index < -0.39 is 48.8 Å². The number of carboxylic acids is 2. The van der Waals surface area contributed by atoms with Crippen LogP contribution in [0.15, 0.2) is 82.6 Å². The predicted molar refractivity (Wildman–Crippen MR) is 223 cm³/mol. The molecular formula is C42H54N5O10S2+. The number of carbonyl (C=O) groups is 3. The van der Waals surface area contributed by atoms with E-state index in [4.69, 9.17) is 5.11 Å². The number of carboxylic acid groups (broad SMARTS) is 2. The highest BCUT2D eigenvalue weighted by Gasteiger charge is 2.45. The van der Waals surface area contributed by atoms with Gasteiger partial charge in [0.2, 0.25) is 11.6 Å². The number of aromatic amines is 1. The van der Waals surface area contributed by atoms with E-state index in [-0.39, 0.29) is 53.6 Å². The maximum absolute atomic E-state index is 13.3. The summed E-state index contributed by atoms with van der Waals surface area (Å²) in [5, 5.41) is 21.1. The lowest BCUT2D eigenvalue weighted by molar-refractivity contribution is -0.438. The summed E-state index contributed by atoms with van der Waals surface area (Å²) in [7, 11) is -8.11. The third-order valence-electron chi connectivity index (χ3n) is 11.2. The number of likely N-dealkylation sites (N-methyl/N-ethyl adjacent to an activating group) is 1. The minimum Gasteiger partial charge on any atom is -0.481 e. The van der Waals surface area contributed by atoms with Crippen LogP contribution in [-0.4, -0.2) is 94.6 Å². The molecule has 0 bridgehead atoms. The molecule has 1 atom stereocenters. The van der Waals surface area contributed by atoms with Gasteiger partial charge in [-0.25, -0.2) is 18.2 Å². The second-order valence-corrected chi connectivity index (χ2v) is 19.5. The zero-order valence-electron chi connectivity index (χ0n) is 34.1. The zero-order chi connectivity index (χ0) is 43.3. The van der Waals surface area contributed by atoms with Gasteiger partial charge >= 0.3 is 11.9 Å². The van der Waals surface area contributed by atoms with Gasteiger partial charge in [0.1, 0.15) is 12.6 Å². The lowest BCUT2D eigenvalue weighted by Crippen LogP contribution is -2.42. The molecule has 2 aromatic carbocycles. The van der Waals surface area contributed by atoms with Crippen molar-refractivity contribution in [2.24, 2.45) is 0 Å². The molecule has 17 heteroatoms. The number of H-pyrrole nitrogens is 1. The van der Waals surface area contributed by atoms with Gasteiger partial charge in [-0.1, -0.05) is 19.9 Å². The number of aliphatic carboxylic acids is 2. The second kappa shape index (κ2) is 18.0. The number of hydrogen-bond donors (Lipinski definition) is 5. The van der Waals surface area contributed by atoms with E-state index in [0.717, 1.165) is 33.9 Å². The van der Waals surface area contributed by atoms with Crippen molar-refractivity contribution in [3.63, 3.8) is 0 Å². The quantitative estimate of drug-likeness (QED) is 0.0525. The molecule has 2 aliphatic heterocycles. The number of unbranched alkanes of at least 4 members (excludes halogenated alkanes) is 3. The van der Waals surface area contributed by atoms with Crippen LogP contribution in [0.3, 0.4) is 0 Å². The lowest BCUT2D eigenvalue weighted by atomic mass is 9.81. The summed E-state index contributed by atoms with van der Waals surface area (Å²) in [5.74, 6) is -2.61. The first kappa shape index (κ1) is 45.0. The molecule has 0 fully saturated rings. The number of amides is 1. The molecule has 59 heavy (non-hydrogen) atoms. The molecular weight excluding hydrogens is 799 g/mol. The topological polar surface area (TPSA) is 227 Å². The Labute approximate surface area is 345 Å². The molecule has 0 radical (unpaired) electrons. The zero-order valence-corrected chi connectivity index (χ0v) is 35.7. The van der Waals surface area contributed by atoms with Crippen molar-refractivity contribution in [1.29, 1.82) is 0 Å². The normalized spacial score (nSPS) is 17.1. The van der Waals surface area contributed by atoms with Crippen molar-refractivity contribution >= 4 is 54.9 Å². The smallest absolute Gasteiger partial charge is 0.326 e. The number of imidazole rings is 1. The molecule has 3 heterocycles. The van der Waals surface area contributed by atoms with Crippen LogP contribution in [0.5, 0.6) is 0 Å². The molecule has 5 N–H and O–H groups in total. The summed E-state index contributed by atoms with van der Waals surface area (Å²) in [5.41, 5.74) is 4.42. The Kier molecular flexibility index (Phi) is 13.7. The highest BCUT2D eigenvalue weighted by atomic mass is 32.2. The van der Waals surface area contributed by atoms with Gasteiger partial charge < -0.3 is 25.4 Å². The molecule has 0 saturated carbocycles. The number of carbonyl (C=O) groups excluding carboxylic acids is 1. The molecule has 5 rings (SSSR count). The molecule has 0 unspecified atom stereocenters. The van der Waals surface area contributed by atoms with E-state index in [2.05, 4.69) is 24.8 Å². The largest absolute Gasteiger partial charge is 0.481 e. The van der Waals surface area contributed by atoms with E-state index in [1.54, 1.807) is 18.2 Å². The number of nitrogens with zero attached hydrogens (tertiary/aromatic N) is 3. The van der Waals surface area contributed by atoms with Crippen LogP contribution < -0.4 is 10.2 Å². The maximum Gasteiger partial charge on any atom is 0.326 e. The number of fused-ring (bicyclic) bond motifs is 2. The highest BCUT2D eigenvalue weighted by Crippen LogP contribution is 2.48. The van der Waals surface area contributed by atoms with E-state index >= 15 is 0 Å². The molecule has 0 aliphatic carbocycles. The fourth-order valence-corrected chi connectivity index (χ4v) is 9.88. The van der Waals surface area contributed by atoms with Gasteiger partial charge in [0, 0.05) is 78.6 Å². The number of sulfone groups is 1. The van der Waals surface area contributed by atoms with E-state index in [1.165, 1.54) is 24.7 Å². The fraction of sp³-hybridized carbons (Fsp3) is 0.452. The highest BCUT2D eigenvalue weighted by molar-refractivity contribution is 7.91. The first-order valence-electron chi connectivity index (χ1n) is 19.7. The van der Waals surface area contributed by atoms with Gasteiger partial charge in [-0.2, -0.15) is 13.0 Å². The van der Waals surface area contributed by atoms with Gasteiger partial charge in [-0.05, 0) is 88.4 Å². The van der Waals surface area contributed by atoms with Crippen molar-refractivity contribution in [1.82, 2.24) is 15.3 Å². The average molecular weight is 853 g/mol. The Morgan fingerprint density at radius 2 is 1.61 bits per heavy atom.